The number of nitrogens with zero attached hydrogens (tertiary/aromatic N) is 2. The second-order valence-corrected chi connectivity index (χ2v) is 6.91. The van der Waals surface area contributed by atoms with Crippen LogP contribution in [0.1, 0.15) is 16.7 Å². The number of ether oxygens (including phenoxy) is 2. The molecule has 0 bridgehead atoms. The Morgan fingerprint density at radius 1 is 0.839 bits per heavy atom. The molecule has 1 saturated heterocycles. The van der Waals surface area contributed by atoms with Crippen LogP contribution < -0.4 is 14.8 Å². The van der Waals surface area contributed by atoms with E-state index >= 15 is 0 Å². The molecule has 7 heteroatoms. The second kappa shape index (κ2) is 9.58. The number of carbonyl (C=O) groups is 2. The third-order valence-electron chi connectivity index (χ3n) is 4.56. The van der Waals surface area contributed by atoms with Gasteiger partial charge in [0.2, 0.25) is 5.91 Å². The van der Waals surface area contributed by atoms with Crippen LogP contribution in [0.15, 0.2) is 84.0 Å². The zero-order valence-corrected chi connectivity index (χ0v) is 16.7. The Balaban J connectivity index is 1.51. The van der Waals surface area contributed by atoms with Crippen LogP contribution in [0.25, 0.3) is 0 Å². The van der Waals surface area contributed by atoms with Crippen LogP contribution in [-0.2, 0) is 18.0 Å². The number of urea groups is 1. The number of imide groups is 1. The molecule has 3 aromatic rings. The number of hydrazone groups is 1. The molecule has 0 spiro atoms. The maximum Gasteiger partial charge on any atom is 0.344 e. The lowest BCUT2D eigenvalue weighted by atomic mass is 10.2. The average molecular weight is 415 g/mol. The van der Waals surface area contributed by atoms with Crippen molar-refractivity contribution in [2.75, 3.05) is 6.54 Å². The number of carbonyl (C=O) groups excluding carboxylic acids is 2. The lowest BCUT2D eigenvalue weighted by molar-refractivity contribution is -0.118. The van der Waals surface area contributed by atoms with Gasteiger partial charge in [-0.2, -0.15) is 5.10 Å². The van der Waals surface area contributed by atoms with Crippen molar-refractivity contribution in [1.82, 2.24) is 10.3 Å². The summed E-state index contributed by atoms with van der Waals surface area (Å²) in [5, 5.41) is 7.35. The lowest BCUT2D eigenvalue weighted by Crippen LogP contribution is -2.24. The number of hydrogen-bond acceptors (Lipinski definition) is 5. The van der Waals surface area contributed by atoms with Crippen molar-refractivity contribution in [2.24, 2.45) is 5.10 Å². The van der Waals surface area contributed by atoms with Gasteiger partial charge in [-0.25, -0.2) is 9.80 Å². The van der Waals surface area contributed by atoms with Crippen molar-refractivity contribution >= 4 is 18.2 Å². The molecule has 0 saturated carbocycles. The highest BCUT2D eigenvalue weighted by Crippen LogP contribution is 2.30. The molecule has 1 aliphatic heterocycles. The Morgan fingerprint density at radius 3 is 2.03 bits per heavy atom. The summed E-state index contributed by atoms with van der Waals surface area (Å²) in [6, 6.07) is 24.6. The maximum atomic E-state index is 11.6. The molecule has 4 rings (SSSR count). The van der Waals surface area contributed by atoms with E-state index in [0.29, 0.717) is 30.3 Å². The topological polar surface area (TPSA) is 80.2 Å². The molecule has 31 heavy (non-hydrogen) atoms. The predicted octanol–water partition coefficient (Wildman–Crippen LogP) is 3.73. The third-order valence-corrected chi connectivity index (χ3v) is 4.56. The van der Waals surface area contributed by atoms with Crippen LogP contribution in [0.4, 0.5) is 4.79 Å². The van der Waals surface area contributed by atoms with Gasteiger partial charge in [-0.05, 0) is 34.9 Å². The third kappa shape index (κ3) is 5.48. The zero-order chi connectivity index (χ0) is 21.5. The van der Waals surface area contributed by atoms with Gasteiger partial charge < -0.3 is 9.47 Å². The molecule has 0 radical (unpaired) electrons. The normalized spacial score (nSPS) is 13.5. The SMILES string of the molecule is O=C1CN(/N=C\c2ccc(OCc3ccccc3)c(OCc3ccccc3)c2)C(=O)N1. The van der Waals surface area contributed by atoms with Crippen molar-refractivity contribution in [1.29, 1.82) is 0 Å². The van der Waals surface area contributed by atoms with Crippen LogP contribution in [0.5, 0.6) is 11.5 Å². The largest absolute Gasteiger partial charge is 0.485 e. The van der Waals surface area contributed by atoms with Gasteiger partial charge in [-0.15, -0.1) is 0 Å². The summed E-state index contributed by atoms with van der Waals surface area (Å²) in [5.41, 5.74) is 2.79. The summed E-state index contributed by atoms with van der Waals surface area (Å²) in [5.74, 6) is 0.787. The quantitative estimate of drug-likeness (QED) is 0.449. The van der Waals surface area contributed by atoms with Crippen LogP contribution in [0, 0.1) is 0 Å². The fourth-order valence-electron chi connectivity index (χ4n) is 2.97. The van der Waals surface area contributed by atoms with Crippen molar-refractivity contribution < 1.29 is 19.1 Å². The summed E-state index contributed by atoms with van der Waals surface area (Å²) in [4.78, 5) is 22.9. The summed E-state index contributed by atoms with van der Waals surface area (Å²) in [6.45, 7) is 0.698. The van der Waals surface area contributed by atoms with Crippen molar-refractivity contribution in [2.45, 2.75) is 13.2 Å². The van der Waals surface area contributed by atoms with E-state index in [1.54, 1.807) is 12.1 Å². The molecule has 1 heterocycles. The number of benzene rings is 3. The molecule has 1 aliphatic rings. The molecule has 1 fully saturated rings. The minimum atomic E-state index is -0.537. The summed E-state index contributed by atoms with van der Waals surface area (Å²) < 4.78 is 12.0. The van der Waals surface area contributed by atoms with Gasteiger partial charge in [0.25, 0.3) is 0 Å². The number of nitrogens with one attached hydrogen (secondary N) is 1. The van der Waals surface area contributed by atoms with E-state index in [0.717, 1.165) is 16.1 Å². The first kappa shape index (κ1) is 20.2. The fourth-order valence-corrected chi connectivity index (χ4v) is 2.97. The number of hydrogen-bond donors (Lipinski definition) is 1. The molecule has 7 nitrogen and oxygen atoms in total. The maximum absolute atomic E-state index is 11.6. The summed E-state index contributed by atoms with van der Waals surface area (Å²) >= 11 is 0. The van der Waals surface area contributed by atoms with E-state index in [2.05, 4.69) is 10.4 Å². The van der Waals surface area contributed by atoms with E-state index in [-0.39, 0.29) is 12.5 Å². The Hall–Kier alpha value is -4.13. The van der Waals surface area contributed by atoms with E-state index < -0.39 is 6.03 Å². The monoisotopic (exact) mass is 415 g/mol. The first-order valence-corrected chi connectivity index (χ1v) is 9.80. The van der Waals surface area contributed by atoms with Crippen LogP contribution >= 0.6 is 0 Å². The molecule has 0 aliphatic carbocycles. The van der Waals surface area contributed by atoms with Gasteiger partial charge in [0.1, 0.15) is 19.8 Å². The number of rotatable bonds is 8. The minimum Gasteiger partial charge on any atom is -0.485 e. The van der Waals surface area contributed by atoms with Gasteiger partial charge in [0, 0.05) is 0 Å². The lowest BCUT2D eigenvalue weighted by Gasteiger charge is -2.14. The Morgan fingerprint density at radius 2 is 1.45 bits per heavy atom. The molecular weight excluding hydrogens is 394 g/mol. The van der Waals surface area contributed by atoms with Crippen molar-refractivity contribution in [3.05, 3.63) is 95.6 Å². The molecule has 0 aromatic heterocycles. The van der Waals surface area contributed by atoms with Crippen molar-refractivity contribution in [3.8, 4) is 11.5 Å². The van der Waals surface area contributed by atoms with Gasteiger partial charge >= 0.3 is 6.03 Å². The summed E-state index contributed by atoms with van der Waals surface area (Å²) in [7, 11) is 0. The van der Waals surface area contributed by atoms with Crippen LogP contribution in [0.2, 0.25) is 0 Å². The zero-order valence-electron chi connectivity index (χ0n) is 16.7. The summed E-state index contributed by atoms with van der Waals surface area (Å²) in [6.07, 6.45) is 1.51. The van der Waals surface area contributed by atoms with E-state index in [4.69, 9.17) is 9.47 Å². The highest BCUT2D eigenvalue weighted by molar-refractivity contribution is 6.02. The molecule has 0 atom stereocenters. The highest BCUT2D eigenvalue weighted by Gasteiger charge is 2.25. The number of amides is 3. The molecule has 0 unspecified atom stereocenters. The van der Waals surface area contributed by atoms with Gasteiger partial charge in [-0.3, -0.25) is 10.1 Å². The molecule has 3 amide bonds. The van der Waals surface area contributed by atoms with Crippen LogP contribution in [0.3, 0.4) is 0 Å². The molecular formula is C24H21N3O4. The van der Waals surface area contributed by atoms with Crippen LogP contribution in [-0.4, -0.2) is 29.7 Å². The van der Waals surface area contributed by atoms with Gasteiger partial charge in [-0.1, -0.05) is 60.7 Å². The standard InChI is InChI=1S/C24H21N3O4/c28-23-15-27(24(29)26-23)25-14-20-11-12-21(30-16-18-7-3-1-4-8-18)22(13-20)31-17-19-9-5-2-6-10-19/h1-14H,15-17H2,(H,26,28,29)/b25-14-. The Bertz CT molecular complexity index is 1080. The van der Waals surface area contributed by atoms with Gasteiger partial charge in [0.05, 0.1) is 6.21 Å². The minimum absolute atomic E-state index is 0.0923. The molecule has 1 N–H and O–H groups in total. The first-order valence-electron chi connectivity index (χ1n) is 9.80. The second-order valence-electron chi connectivity index (χ2n) is 6.91. The van der Waals surface area contributed by atoms with E-state index in [9.17, 15) is 9.59 Å². The fraction of sp³-hybridized carbons (Fsp3) is 0.125. The Labute approximate surface area is 179 Å². The predicted molar refractivity (Wildman–Crippen MR) is 116 cm³/mol. The Kier molecular flexibility index (Phi) is 6.23. The molecule has 156 valence electrons. The van der Waals surface area contributed by atoms with E-state index in [1.165, 1.54) is 6.21 Å². The van der Waals surface area contributed by atoms with Crippen molar-refractivity contribution in [3.63, 3.8) is 0 Å². The first-order chi connectivity index (χ1) is 15.2. The average Bonchev–Trinajstić information content (AvgIpc) is 3.13. The van der Waals surface area contributed by atoms with E-state index in [1.807, 2.05) is 66.7 Å². The highest BCUT2D eigenvalue weighted by atomic mass is 16.5. The molecule has 3 aromatic carbocycles. The smallest absolute Gasteiger partial charge is 0.344 e. The van der Waals surface area contributed by atoms with Gasteiger partial charge in [0.15, 0.2) is 11.5 Å².